The topological polar surface area (TPSA) is 78.6 Å². The number of carbonyl (C=O) groups is 1. The fourth-order valence-electron chi connectivity index (χ4n) is 2.08. The van der Waals surface area contributed by atoms with Crippen LogP contribution in [0.2, 0.25) is 0 Å². The third-order valence-electron chi connectivity index (χ3n) is 3.22. The third-order valence-corrected chi connectivity index (χ3v) is 3.22. The summed E-state index contributed by atoms with van der Waals surface area (Å²) >= 11 is 0. The fraction of sp³-hybridized carbons (Fsp3) is 0.462. The first kappa shape index (κ1) is 12.7. The highest BCUT2D eigenvalue weighted by Crippen LogP contribution is 2.23. The van der Waals surface area contributed by atoms with Crippen molar-refractivity contribution < 1.29 is 9.90 Å². The van der Waals surface area contributed by atoms with Crippen molar-refractivity contribution in [3.05, 3.63) is 23.8 Å². The van der Waals surface area contributed by atoms with E-state index in [0.29, 0.717) is 24.1 Å². The van der Waals surface area contributed by atoms with Crippen molar-refractivity contribution >= 4 is 17.3 Å². The van der Waals surface area contributed by atoms with E-state index in [-0.39, 0.29) is 18.1 Å². The molecule has 1 aliphatic rings. The molecule has 4 N–H and O–H groups in total. The first-order valence-corrected chi connectivity index (χ1v) is 6.03. The van der Waals surface area contributed by atoms with Crippen LogP contribution in [0.15, 0.2) is 18.2 Å². The highest BCUT2D eigenvalue weighted by Gasteiger charge is 2.28. The van der Waals surface area contributed by atoms with Crippen LogP contribution in [0.5, 0.6) is 0 Å². The summed E-state index contributed by atoms with van der Waals surface area (Å²) in [5, 5.41) is 12.0. The minimum absolute atomic E-state index is 0.0854. The lowest BCUT2D eigenvalue weighted by atomic mass is 9.89. The fourth-order valence-corrected chi connectivity index (χ4v) is 2.08. The molecule has 98 valence electrons. The van der Waals surface area contributed by atoms with Crippen molar-refractivity contribution in [3.8, 4) is 0 Å². The van der Waals surface area contributed by atoms with Gasteiger partial charge in [0.1, 0.15) is 0 Å². The van der Waals surface area contributed by atoms with E-state index in [1.807, 2.05) is 25.1 Å². The lowest BCUT2D eigenvalue weighted by Crippen LogP contribution is -2.46. The molecule has 0 heterocycles. The van der Waals surface area contributed by atoms with Crippen molar-refractivity contribution in [1.29, 1.82) is 0 Å². The Hall–Kier alpha value is -1.75. The van der Waals surface area contributed by atoms with E-state index in [0.717, 1.165) is 5.69 Å². The average Bonchev–Trinajstić information content (AvgIpc) is 2.26. The second-order valence-electron chi connectivity index (χ2n) is 4.96. The van der Waals surface area contributed by atoms with Crippen molar-refractivity contribution in [3.63, 3.8) is 0 Å². The molecular formula is C13H19N3O2. The summed E-state index contributed by atoms with van der Waals surface area (Å²) in [6.07, 6.45) is 1.00. The Labute approximate surface area is 107 Å². The van der Waals surface area contributed by atoms with Gasteiger partial charge in [-0.2, -0.15) is 0 Å². The molecule has 0 spiro atoms. The number of nitrogen functional groups attached to an aromatic ring is 1. The van der Waals surface area contributed by atoms with Gasteiger partial charge in [-0.25, -0.2) is 0 Å². The molecule has 0 bridgehead atoms. The standard InChI is InChI=1S/C13H19N3O2/c1-16(2)12-4-3-8(5-11(12)14)13(18)15-9-6-10(17)7-9/h3-5,9-10,17H,6-7,14H2,1-2H3,(H,15,18). The van der Waals surface area contributed by atoms with Crippen LogP contribution in [0.3, 0.4) is 0 Å². The van der Waals surface area contributed by atoms with E-state index >= 15 is 0 Å². The van der Waals surface area contributed by atoms with Crippen LogP contribution in [-0.2, 0) is 0 Å². The average molecular weight is 249 g/mol. The number of anilines is 2. The minimum Gasteiger partial charge on any atom is -0.397 e. The summed E-state index contributed by atoms with van der Waals surface area (Å²) in [5.41, 5.74) is 7.93. The molecule has 1 amide bonds. The van der Waals surface area contributed by atoms with Crippen molar-refractivity contribution in [2.24, 2.45) is 0 Å². The molecule has 1 aromatic carbocycles. The Morgan fingerprint density at radius 2 is 2.11 bits per heavy atom. The quantitative estimate of drug-likeness (QED) is 0.685. The van der Waals surface area contributed by atoms with Crippen LogP contribution in [-0.4, -0.2) is 37.3 Å². The van der Waals surface area contributed by atoms with Gasteiger partial charge in [0, 0.05) is 25.7 Å². The minimum atomic E-state index is -0.267. The predicted molar refractivity (Wildman–Crippen MR) is 71.7 cm³/mol. The first-order valence-electron chi connectivity index (χ1n) is 6.03. The van der Waals surface area contributed by atoms with E-state index in [1.165, 1.54) is 0 Å². The number of rotatable bonds is 3. The van der Waals surface area contributed by atoms with Crippen LogP contribution >= 0.6 is 0 Å². The van der Waals surface area contributed by atoms with Crippen molar-refractivity contribution in [2.45, 2.75) is 25.0 Å². The molecule has 0 unspecified atom stereocenters. The van der Waals surface area contributed by atoms with Gasteiger partial charge in [-0.15, -0.1) is 0 Å². The normalized spacial score (nSPS) is 22.2. The van der Waals surface area contributed by atoms with Gasteiger partial charge in [0.05, 0.1) is 17.5 Å². The first-order chi connectivity index (χ1) is 8.47. The second-order valence-corrected chi connectivity index (χ2v) is 4.96. The number of nitrogens with zero attached hydrogens (tertiary/aromatic N) is 1. The molecule has 0 atom stereocenters. The zero-order chi connectivity index (χ0) is 13.3. The number of aliphatic hydroxyl groups excluding tert-OH is 1. The van der Waals surface area contributed by atoms with E-state index in [1.54, 1.807) is 12.1 Å². The SMILES string of the molecule is CN(C)c1ccc(C(=O)NC2CC(O)C2)cc1N. The smallest absolute Gasteiger partial charge is 0.251 e. The van der Waals surface area contributed by atoms with Crippen molar-refractivity contribution in [2.75, 3.05) is 24.7 Å². The van der Waals surface area contributed by atoms with Crippen LogP contribution in [0, 0.1) is 0 Å². The summed E-state index contributed by atoms with van der Waals surface area (Å²) in [4.78, 5) is 13.8. The highest BCUT2D eigenvalue weighted by atomic mass is 16.3. The Morgan fingerprint density at radius 3 is 2.61 bits per heavy atom. The van der Waals surface area contributed by atoms with Gasteiger partial charge in [0.25, 0.3) is 5.91 Å². The summed E-state index contributed by atoms with van der Waals surface area (Å²) in [6.45, 7) is 0. The molecular weight excluding hydrogens is 230 g/mol. The number of hydrogen-bond donors (Lipinski definition) is 3. The lowest BCUT2D eigenvalue weighted by molar-refractivity contribution is 0.0562. The van der Waals surface area contributed by atoms with Crippen LogP contribution in [0.1, 0.15) is 23.2 Å². The summed E-state index contributed by atoms with van der Waals surface area (Å²) in [7, 11) is 3.81. The van der Waals surface area contributed by atoms with Crippen LogP contribution in [0.4, 0.5) is 11.4 Å². The van der Waals surface area contributed by atoms with Gasteiger partial charge >= 0.3 is 0 Å². The monoisotopic (exact) mass is 249 g/mol. The predicted octanol–water partition coefficient (Wildman–Crippen LogP) is 0.588. The maximum Gasteiger partial charge on any atom is 0.251 e. The summed E-state index contributed by atoms with van der Waals surface area (Å²) < 4.78 is 0. The van der Waals surface area contributed by atoms with Gasteiger partial charge < -0.3 is 21.1 Å². The molecule has 5 heteroatoms. The van der Waals surface area contributed by atoms with E-state index in [4.69, 9.17) is 10.8 Å². The Kier molecular flexibility index (Phi) is 3.43. The number of nitrogens with one attached hydrogen (secondary N) is 1. The number of amides is 1. The molecule has 2 rings (SSSR count). The molecule has 0 aliphatic heterocycles. The van der Waals surface area contributed by atoms with Gasteiger partial charge in [0.15, 0.2) is 0 Å². The van der Waals surface area contributed by atoms with Gasteiger partial charge in [-0.05, 0) is 31.0 Å². The molecule has 1 fully saturated rings. The number of hydrogen-bond acceptors (Lipinski definition) is 4. The molecule has 0 aromatic heterocycles. The lowest BCUT2D eigenvalue weighted by Gasteiger charge is -2.32. The van der Waals surface area contributed by atoms with Gasteiger partial charge in [0.2, 0.25) is 0 Å². The van der Waals surface area contributed by atoms with E-state index < -0.39 is 0 Å². The Bertz CT molecular complexity index is 454. The number of aliphatic hydroxyl groups is 1. The molecule has 1 aliphatic carbocycles. The molecule has 0 saturated heterocycles. The highest BCUT2D eigenvalue weighted by molar-refractivity contribution is 5.96. The Balaban J connectivity index is 2.04. The summed E-state index contributed by atoms with van der Waals surface area (Å²) in [5.74, 6) is -0.135. The van der Waals surface area contributed by atoms with Crippen LogP contribution in [0.25, 0.3) is 0 Å². The molecule has 1 aromatic rings. The Morgan fingerprint density at radius 1 is 1.44 bits per heavy atom. The van der Waals surface area contributed by atoms with E-state index in [9.17, 15) is 4.79 Å². The zero-order valence-corrected chi connectivity index (χ0v) is 10.7. The molecule has 5 nitrogen and oxygen atoms in total. The second kappa shape index (κ2) is 4.86. The third kappa shape index (κ3) is 2.56. The largest absolute Gasteiger partial charge is 0.397 e. The maximum atomic E-state index is 11.9. The summed E-state index contributed by atoms with van der Waals surface area (Å²) in [6, 6.07) is 5.36. The van der Waals surface area contributed by atoms with Crippen molar-refractivity contribution in [1.82, 2.24) is 5.32 Å². The van der Waals surface area contributed by atoms with Gasteiger partial charge in [-0.3, -0.25) is 4.79 Å². The maximum absolute atomic E-state index is 11.9. The number of carbonyl (C=O) groups excluding carboxylic acids is 1. The van der Waals surface area contributed by atoms with Gasteiger partial charge in [-0.1, -0.05) is 0 Å². The molecule has 18 heavy (non-hydrogen) atoms. The number of benzene rings is 1. The molecule has 0 radical (unpaired) electrons. The van der Waals surface area contributed by atoms with Crippen LogP contribution < -0.4 is 16.0 Å². The zero-order valence-electron chi connectivity index (χ0n) is 10.7. The van der Waals surface area contributed by atoms with E-state index in [2.05, 4.69) is 5.32 Å². The number of nitrogens with two attached hydrogens (primary N) is 1. The molecule has 1 saturated carbocycles.